The maximum atomic E-state index is 13.7. The number of hydrogen-bond acceptors (Lipinski definition) is 5. The molecule has 2 atom stereocenters. The number of carbonyl (C=O) groups excluding carboxylic acids is 3. The Morgan fingerprint density at radius 2 is 1.84 bits per heavy atom. The quantitative estimate of drug-likeness (QED) is 0.552. The van der Waals surface area contributed by atoms with E-state index in [-0.39, 0.29) is 43.4 Å². The summed E-state index contributed by atoms with van der Waals surface area (Å²) >= 11 is 12.5. The van der Waals surface area contributed by atoms with Gasteiger partial charge in [-0.25, -0.2) is 14.8 Å². The smallest absolute Gasteiger partial charge is 0.334 e. The highest BCUT2D eigenvalue weighted by Crippen LogP contribution is 2.31. The summed E-state index contributed by atoms with van der Waals surface area (Å²) in [4.78, 5) is 43.7. The topological polar surface area (TPSA) is 85.4 Å². The van der Waals surface area contributed by atoms with Crippen LogP contribution >= 0.6 is 23.2 Å². The van der Waals surface area contributed by atoms with Gasteiger partial charge in [-0.3, -0.25) is 9.59 Å². The van der Waals surface area contributed by atoms with Gasteiger partial charge in [0.15, 0.2) is 0 Å². The van der Waals surface area contributed by atoms with Crippen molar-refractivity contribution in [3.8, 4) is 5.75 Å². The Bertz CT molecular complexity index is 1190. The molecule has 0 saturated carbocycles. The Hall–Kier alpha value is -3.01. The minimum atomic E-state index is -0.682. The molecule has 2 fully saturated rings. The van der Waals surface area contributed by atoms with Gasteiger partial charge in [-0.15, -0.1) is 0 Å². The van der Waals surface area contributed by atoms with Crippen LogP contribution in [0.1, 0.15) is 31.4 Å². The molecule has 0 spiro atoms. The van der Waals surface area contributed by atoms with Gasteiger partial charge in [-0.2, -0.15) is 0 Å². The first kappa shape index (κ1) is 28.0. The predicted octanol–water partition coefficient (Wildman–Crippen LogP) is 3.99. The molecule has 1 unspecified atom stereocenters. The van der Waals surface area contributed by atoms with E-state index in [1.165, 1.54) is 0 Å². The number of methoxy groups -OCH3 is 1. The summed E-state index contributed by atoms with van der Waals surface area (Å²) in [6.45, 7) is 4.71. The van der Waals surface area contributed by atoms with E-state index in [1.54, 1.807) is 52.2 Å². The lowest BCUT2D eigenvalue weighted by Gasteiger charge is -2.54. The zero-order valence-corrected chi connectivity index (χ0v) is 23.5. The van der Waals surface area contributed by atoms with Crippen molar-refractivity contribution in [2.75, 3.05) is 27.2 Å². The van der Waals surface area contributed by atoms with Crippen LogP contribution in [0.15, 0.2) is 42.5 Å². The third kappa shape index (κ3) is 6.00. The first-order valence-corrected chi connectivity index (χ1v) is 13.3. The second-order valence-corrected chi connectivity index (χ2v) is 10.9. The Morgan fingerprint density at radius 3 is 2.47 bits per heavy atom. The van der Waals surface area contributed by atoms with Crippen LogP contribution in [-0.2, 0) is 22.7 Å². The Kier molecular flexibility index (Phi) is 8.70. The third-order valence-corrected chi connectivity index (χ3v) is 7.41. The maximum Gasteiger partial charge on any atom is 0.334 e. The van der Waals surface area contributed by atoms with Crippen molar-refractivity contribution in [2.24, 2.45) is 5.92 Å². The first-order valence-electron chi connectivity index (χ1n) is 12.5. The molecule has 1 N–H and O–H groups in total. The van der Waals surface area contributed by atoms with Gasteiger partial charge in [0.1, 0.15) is 18.0 Å². The van der Waals surface area contributed by atoms with Crippen molar-refractivity contribution in [1.29, 1.82) is 0 Å². The fourth-order valence-corrected chi connectivity index (χ4v) is 5.45. The summed E-state index contributed by atoms with van der Waals surface area (Å²) < 4.78 is 5.20. The number of urea groups is 1. The number of hydrazine groups is 1. The number of likely N-dealkylation sites (N-methyl/N-ethyl adjacent to an activating group) is 1. The third-order valence-electron chi connectivity index (χ3n) is 6.82. The molecule has 2 heterocycles. The van der Waals surface area contributed by atoms with E-state index >= 15 is 0 Å². The van der Waals surface area contributed by atoms with Crippen LogP contribution in [0.2, 0.25) is 10.0 Å². The summed E-state index contributed by atoms with van der Waals surface area (Å²) in [6.07, 6.45) is -0.179. The lowest BCUT2D eigenvalue weighted by atomic mass is 9.96. The molecule has 0 radical (unpaired) electrons. The number of piperazine rings is 1. The SMILES string of the molecule is COc1ccc(CNC(=O)N2C3CN(Cc4ccc(Cl)cc4Cl)C(=O)[C@H](CC(C)C)N3C(=O)CN2C)cc1. The average molecular weight is 562 g/mol. The fourth-order valence-electron chi connectivity index (χ4n) is 4.98. The summed E-state index contributed by atoms with van der Waals surface area (Å²) in [6, 6.07) is 11.5. The zero-order chi connectivity index (χ0) is 27.6. The Balaban J connectivity index is 1.60. The largest absolute Gasteiger partial charge is 0.497 e. The van der Waals surface area contributed by atoms with Gasteiger partial charge >= 0.3 is 6.03 Å². The normalized spacial score (nSPS) is 20.1. The number of halogens is 2. The van der Waals surface area contributed by atoms with Crippen LogP contribution in [0.5, 0.6) is 5.75 Å². The van der Waals surface area contributed by atoms with Crippen molar-refractivity contribution >= 4 is 41.0 Å². The second kappa shape index (κ2) is 11.8. The number of carbonyl (C=O) groups is 3. The Labute approximate surface area is 233 Å². The summed E-state index contributed by atoms with van der Waals surface area (Å²) in [5.74, 6) is 0.555. The molecule has 2 saturated heterocycles. The molecule has 0 aliphatic carbocycles. The van der Waals surface area contributed by atoms with E-state index in [0.717, 1.165) is 16.9 Å². The van der Waals surface area contributed by atoms with Crippen LogP contribution in [-0.4, -0.2) is 77.1 Å². The molecule has 2 aromatic carbocycles. The molecule has 38 heavy (non-hydrogen) atoms. The maximum absolute atomic E-state index is 13.7. The predicted molar refractivity (Wildman–Crippen MR) is 145 cm³/mol. The first-order chi connectivity index (χ1) is 18.1. The van der Waals surface area contributed by atoms with E-state index in [4.69, 9.17) is 27.9 Å². The molecule has 4 amide bonds. The molecule has 2 aromatic rings. The van der Waals surface area contributed by atoms with Crippen LogP contribution < -0.4 is 10.1 Å². The number of nitrogens with one attached hydrogen (secondary N) is 1. The standard InChI is InChI=1S/C27H33Cl2N5O4/c1-17(2)11-23-26(36)32(14-19-7-8-20(28)12-22(19)29)15-24-33(23)25(35)16-31(3)34(24)27(37)30-13-18-5-9-21(38-4)10-6-18/h5-10,12,17,23-24H,11,13-16H2,1-4H3,(H,30,37)/t23-,24?/m0/s1. The number of hydrogen-bond donors (Lipinski definition) is 1. The zero-order valence-electron chi connectivity index (χ0n) is 22.0. The van der Waals surface area contributed by atoms with Crippen LogP contribution in [0.25, 0.3) is 0 Å². The van der Waals surface area contributed by atoms with Crippen molar-refractivity contribution in [1.82, 2.24) is 25.1 Å². The number of fused-ring (bicyclic) bond motifs is 1. The molecule has 0 bridgehead atoms. The Morgan fingerprint density at radius 1 is 1.13 bits per heavy atom. The van der Waals surface area contributed by atoms with E-state index < -0.39 is 12.2 Å². The molecular weight excluding hydrogens is 529 g/mol. The summed E-state index contributed by atoms with van der Waals surface area (Å²) in [5.41, 5.74) is 1.65. The lowest BCUT2D eigenvalue weighted by Crippen LogP contribution is -2.75. The summed E-state index contributed by atoms with van der Waals surface area (Å²) in [5, 5.41) is 7.08. The van der Waals surface area contributed by atoms with Gasteiger partial charge in [-0.05, 0) is 47.7 Å². The minimum absolute atomic E-state index is 0.00264. The molecule has 2 aliphatic heterocycles. The van der Waals surface area contributed by atoms with Crippen molar-refractivity contribution in [3.05, 3.63) is 63.6 Å². The van der Waals surface area contributed by atoms with E-state index in [9.17, 15) is 14.4 Å². The highest BCUT2D eigenvalue weighted by atomic mass is 35.5. The average Bonchev–Trinajstić information content (AvgIpc) is 2.86. The lowest BCUT2D eigenvalue weighted by molar-refractivity contribution is -0.188. The van der Waals surface area contributed by atoms with Crippen LogP contribution in [0, 0.1) is 5.92 Å². The van der Waals surface area contributed by atoms with E-state index in [2.05, 4.69) is 5.32 Å². The van der Waals surface area contributed by atoms with Gasteiger partial charge in [0.25, 0.3) is 0 Å². The van der Waals surface area contributed by atoms with Crippen LogP contribution in [0.4, 0.5) is 4.79 Å². The number of nitrogens with zero attached hydrogens (tertiary/aromatic N) is 4. The number of amides is 4. The molecule has 2 aliphatic rings. The monoisotopic (exact) mass is 561 g/mol. The highest BCUT2D eigenvalue weighted by molar-refractivity contribution is 6.35. The number of rotatable bonds is 7. The van der Waals surface area contributed by atoms with Crippen molar-refractivity contribution in [2.45, 2.75) is 45.6 Å². The van der Waals surface area contributed by atoms with Gasteiger partial charge in [-0.1, -0.05) is 55.2 Å². The van der Waals surface area contributed by atoms with E-state index in [1.807, 2.05) is 38.1 Å². The number of benzene rings is 2. The van der Waals surface area contributed by atoms with Crippen molar-refractivity contribution in [3.63, 3.8) is 0 Å². The minimum Gasteiger partial charge on any atom is -0.497 e. The van der Waals surface area contributed by atoms with Gasteiger partial charge in [0, 0.05) is 30.2 Å². The molecule has 11 heteroatoms. The molecule has 0 aromatic heterocycles. The fraction of sp³-hybridized carbons (Fsp3) is 0.444. The van der Waals surface area contributed by atoms with Gasteiger partial charge < -0.3 is 19.9 Å². The highest BCUT2D eigenvalue weighted by Gasteiger charge is 2.50. The van der Waals surface area contributed by atoms with Gasteiger partial charge in [0.05, 0.1) is 20.2 Å². The summed E-state index contributed by atoms with van der Waals surface area (Å²) in [7, 11) is 3.30. The van der Waals surface area contributed by atoms with Crippen molar-refractivity contribution < 1.29 is 19.1 Å². The second-order valence-electron chi connectivity index (χ2n) is 10.0. The molecule has 4 rings (SSSR count). The molecule has 9 nitrogen and oxygen atoms in total. The molecular formula is C27H33Cl2N5O4. The molecule has 204 valence electrons. The van der Waals surface area contributed by atoms with Gasteiger partial charge in [0.2, 0.25) is 11.8 Å². The number of ether oxygens (including phenoxy) is 1. The van der Waals surface area contributed by atoms with E-state index in [0.29, 0.717) is 23.0 Å². The van der Waals surface area contributed by atoms with Crippen LogP contribution in [0.3, 0.4) is 0 Å².